The third-order valence-electron chi connectivity index (χ3n) is 3.77. The van der Waals surface area contributed by atoms with E-state index in [4.69, 9.17) is 15.2 Å². The molecule has 0 unspecified atom stereocenters. The molecular formula is C17H28N2O2. The maximum absolute atomic E-state index is 5.84. The summed E-state index contributed by atoms with van der Waals surface area (Å²) < 4.78 is 11.5. The molecule has 1 heterocycles. The molecule has 118 valence electrons. The highest BCUT2D eigenvalue weighted by Crippen LogP contribution is 2.29. The summed E-state index contributed by atoms with van der Waals surface area (Å²) in [6.45, 7) is 7.35. The van der Waals surface area contributed by atoms with E-state index in [9.17, 15) is 0 Å². The summed E-state index contributed by atoms with van der Waals surface area (Å²) >= 11 is 0. The van der Waals surface area contributed by atoms with Gasteiger partial charge in [0.2, 0.25) is 0 Å². The monoisotopic (exact) mass is 292 g/mol. The second-order valence-corrected chi connectivity index (χ2v) is 5.54. The van der Waals surface area contributed by atoms with Crippen molar-refractivity contribution in [3.63, 3.8) is 0 Å². The van der Waals surface area contributed by atoms with E-state index in [-0.39, 0.29) is 0 Å². The van der Waals surface area contributed by atoms with Gasteiger partial charge in [-0.2, -0.15) is 0 Å². The first-order valence-electron chi connectivity index (χ1n) is 8.14. The molecule has 2 rings (SSSR count). The second kappa shape index (κ2) is 8.90. The SMILES string of the molecule is CCOc1ccc(CN2CCCCC2)cc1OCCCN. The molecule has 0 spiro atoms. The number of nitrogens with zero attached hydrogens (tertiary/aromatic N) is 1. The van der Waals surface area contributed by atoms with Gasteiger partial charge in [0.15, 0.2) is 11.5 Å². The number of rotatable bonds is 8. The Morgan fingerprint density at radius 3 is 2.62 bits per heavy atom. The Kier molecular flexibility index (Phi) is 6.83. The molecule has 0 atom stereocenters. The largest absolute Gasteiger partial charge is 0.490 e. The first-order valence-corrected chi connectivity index (χ1v) is 8.14. The predicted octanol–water partition coefficient (Wildman–Crippen LogP) is 2.80. The number of hydrogen-bond acceptors (Lipinski definition) is 4. The van der Waals surface area contributed by atoms with Gasteiger partial charge in [-0.3, -0.25) is 4.90 Å². The normalized spacial score (nSPS) is 15.9. The summed E-state index contributed by atoms with van der Waals surface area (Å²) in [5.41, 5.74) is 6.82. The van der Waals surface area contributed by atoms with Crippen molar-refractivity contribution in [2.24, 2.45) is 5.73 Å². The molecule has 1 saturated heterocycles. The van der Waals surface area contributed by atoms with E-state index in [0.717, 1.165) is 24.5 Å². The maximum atomic E-state index is 5.84. The van der Waals surface area contributed by atoms with Gasteiger partial charge >= 0.3 is 0 Å². The number of likely N-dealkylation sites (tertiary alicyclic amines) is 1. The zero-order chi connectivity index (χ0) is 14.9. The summed E-state index contributed by atoms with van der Waals surface area (Å²) in [6.07, 6.45) is 4.86. The van der Waals surface area contributed by atoms with Gasteiger partial charge in [0.1, 0.15) is 0 Å². The van der Waals surface area contributed by atoms with Crippen molar-refractivity contribution in [1.29, 1.82) is 0 Å². The van der Waals surface area contributed by atoms with Crippen LogP contribution in [0.2, 0.25) is 0 Å². The molecule has 0 bridgehead atoms. The molecule has 1 aliphatic heterocycles. The Hall–Kier alpha value is -1.26. The van der Waals surface area contributed by atoms with Gasteiger partial charge in [0.05, 0.1) is 13.2 Å². The van der Waals surface area contributed by atoms with Crippen LogP contribution < -0.4 is 15.2 Å². The standard InChI is InChI=1S/C17H28N2O2/c1-2-20-16-8-7-15(13-17(16)21-12-6-9-18)14-19-10-4-3-5-11-19/h7-8,13H,2-6,9-12,14,18H2,1H3. The molecule has 0 radical (unpaired) electrons. The van der Waals surface area contributed by atoms with Gasteiger partial charge < -0.3 is 15.2 Å². The fourth-order valence-electron chi connectivity index (χ4n) is 2.68. The van der Waals surface area contributed by atoms with Gasteiger partial charge in [0, 0.05) is 6.54 Å². The zero-order valence-electron chi connectivity index (χ0n) is 13.1. The molecule has 1 aliphatic rings. The molecule has 4 nitrogen and oxygen atoms in total. The minimum Gasteiger partial charge on any atom is -0.490 e. The lowest BCUT2D eigenvalue weighted by molar-refractivity contribution is 0.220. The fraction of sp³-hybridized carbons (Fsp3) is 0.647. The maximum Gasteiger partial charge on any atom is 0.161 e. The molecule has 0 aliphatic carbocycles. The van der Waals surface area contributed by atoms with Crippen LogP contribution in [0.3, 0.4) is 0 Å². The van der Waals surface area contributed by atoms with E-state index in [0.29, 0.717) is 19.8 Å². The minimum absolute atomic E-state index is 0.643. The summed E-state index contributed by atoms with van der Waals surface area (Å²) in [5.74, 6) is 1.68. The van der Waals surface area contributed by atoms with Gasteiger partial charge in [-0.1, -0.05) is 12.5 Å². The lowest BCUT2D eigenvalue weighted by Crippen LogP contribution is -2.29. The molecule has 0 saturated carbocycles. The van der Waals surface area contributed by atoms with Crippen LogP contribution in [0.15, 0.2) is 18.2 Å². The number of nitrogens with two attached hydrogens (primary N) is 1. The van der Waals surface area contributed by atoms with Crippen molar-refractivity contribution in [3.8, 4) is 11.5 Å². The van der Waals surface area contributed by atoms with Crippen molar-refractivity contribution in [2.75, 3.05) is 32.8 Å². The molecule has 21 heavy (non-hydrogen) atoms. The fourth-order valence-corrected chi connectivity index (χ4v) is 2.68. The smallest absolute Gasteiger partial charge is 0.161 e. The highest BCUT2D eigenvalue weighted by atomic mass is 16.5. The lowest BCUT2D eigenvalue weighted by Gasteiger charge is -2.26. The number of piperidine rings is 1. The third kappa shape index (κ3) is 5.21. The third-order valence-corrected chi connectivity index (χ3v) is 3.77. The van der Waals surface area contributed by atoms with Crippen LogP contribution in [-0.2, 0) is 6.54 Å². The molecule has 0 aromatic heterocycles. The first-order chi connectivity index (χ1) is 10.3. The minimum atomic E-state index is 0.643. The first kappa shape index (κ1) is 16.1. The Labute approximate surface area is 128 Å². The van der Waals surface area contributed by atoms with Crippen LogP contribution >= 0.6 is 0 Å². The molecule has 0 amide bonds. The number of benzene rings is 1. The molecular weight excluding hydrogens is 264 g/mol. The molecule has 1 aromatic carbocycles. The van der Waals surface area contributed by atoms with Crippen LogP contribution in [-0.4, -0.2) is 37.7 Å². The van der Waals surface area contributed by atoms with E-state index < -0.39 is 0 Å². The van der Waals surface area contributed by atoms with E-state index in [1.807, 2.05) is 13.0 Å². The van der Waals surface area contributed by atoms with E-state index in [1.54, 1.807) is 0 Å². The molecule has 1 aromatic rings. The van der Waals surface area contributed by atoms with E-state index in [2.05, 4.69) is 17.0 Å². The van der Waals surface area contributed by atoms with Crippen molar-refractivity contribution in [1.82, 2.24) is 4.90 Å². The average Bonchev–Trinajstić information content (AvgIpc) is 2.51. The number of ether oxygens (including phenoxy) is 2. The molecule has 4 heteroatoms. The van der Waals surface area contributed by atoms with Gasteiger partial charge in [-0.05, 0) is 63.5 Å². The Bertz CT molecular complexity index is 417. The summed E-state index contributed by atoms with van der Waals surface area (Å²) in [7, 11) is 0. The summed E-state index contributed by atoms with van der Waals surface area (Å²) in [4.78, 5) is 2.52. The Morgan fingerprint density at radius 1 is 1.10 bits per heavy atom. The summed E-state index contributed by atoms with van der Waals surface area (Å²) in [5, 5.41) is 0. The predicted molar refractivity (Wildman–Crippen MR) is 85.9 cm³/mol. The lowest BCUT2D eigenvalue weighted by atomic mass is 10.1. The van der Waals surface area contributed by atoms with Crippen molar-refractivity contribution in [2.45, 2.75) is 39.2 Å². The van der Waals surface area contributed by atoms with E-state index >= 15 is 0 Å². The van der Waals surface area contributed by atoms with Crippen molar-refractivity contribution < 1.29 is 9.47 Å². The van der Waals surface area contributed by atoms with Crippen LogP contribution in [0.1, 0.15) is 38.2 Å². The van der Waals surface area contributed by atoms with Crippen LogP contribution in [0.25, 0.3) is 0 Å². The van der Waals surface area contributed by atoms with Crippen molar-refractivity contribution >= 4 is 0 Å². The highest BCUT2D eigenvalue weighted by molar-refractivity contribution is 5.43. The number of hydrogen-bond donors (Lipinski definition) is 1. The van der Waals surface area contributed by atoms with Crippen LogP contribution in [0.4, 0.5) is 0 Å². The Balaban J connectivity index is 2.01. The summed E-state index contributed by atoms with van der Waals surface area (Å²) in [6, 6.07) is 6.30. The van der Waals surface area contributed by atoms with E-state index in [1.165, 1.54) is 37.9 Å². The molecule has 2 N–H and O–H groups in total. The Morgan fingerprint density at radius 2 is 1.90 bits per heavy atom. The highest BCUT2D eigenvalue weighted by Gasteiger charge is 2.12. The zero-order valence-corrected chi connectivity index (χ0v) is 13.1. The van der Waals surface area contributed by atoms with Gasteiger partial charge in [-0.15, -0.1) is 0 Å². The van der Waals surface area contributed by atoms with Gasteiger partial charge in [-0.25, -0.2) is 0 Å². The average molecular weight is 292 g/mol. The van der Waals surface area contributed by atoms with Crippen LogP contribution in [0.5, 0.6) is 11.5 Å². The second-order valence-electron chi connectivity index (χ2n) is 5.54. The molecule has 1 fully saturated rings. The van der Waals surface area contributed by atoms with Gasteiger partial charge in [0.25, 0.3) is 0 Å². The topological polar surface area (TPSA) is 47.7 Å². The quantitative estimate of drug-likeness (QED) is 0.749. The van der Waals surface area contributed by atoms with Crippen molar-refractivity contribution in [3.05, 3.63) is 23.8 Å². The van der Waals surface area contributed by atoms with Crippen LogP contribution in [0, 0.1) is 0 Å².